The lowest BCUT2D eigenvalue weighted by molar-refractivity contribution is -0.149. The number of hydrogen-bond donors (Lipinski definition) is 2. The molecule has 4 aromatic heterocycles. The molecule has 0 aliphatic heterocycles. The zero-order valence-corrected chi connectivity index (χ0v) is 20.5. The van der Waals surface area contributed by atoms with Crippen LogP contribution < -0.4 is 11.1 Å². The normalized spacial score (nSPS) is 11.9. The zero-order valence-electron chi connectivity index (χ0n) is 20.5. The van der Waals surface area contributed by atoms with Crippen LogP contribution in [0.1, 0.15) is 20.3 Å². The monoisotopic (exact) mass is 502 g/mol. The maximum Gasteiger partial charge on any atom is 0.324 e. The number of ether oxygens (including phenoxy) is 1. The minimum absolute atomic E-state index is 0.105. The first-order valence-corrected chi connectivity index (χ1v) is 11.7. The van der Waals surface area contributed by atoms with Gasteiger partial charge in [0.25, 0.3) is 0 Å². The van der Waals surface area contributed by atoms with Gasteiger partial charge in [0.1, 0.15) is 11.7 Å². The number of aromatic nitrogens is 4. The van der Waals surface area contributed by atoms with Crippen LogP contribution in [0, 0.1) is 11.9 Å². The van der Waals surface area contributed by atoms with Gasteiger partial charge in [-0.25, -0.2) is 9.97 Å². The molecule has 0 radical (unpaired) electrons. The summed E-state index contributed by atoms with van der Waals surface area (Å²) >= 11 is 0. The van der Waals surface area contributed by atoms with Crippen molar-refractivity contribution >= 4 is 28.6 Å². The van der Waals surface area contributed by atoms with E-state index in [-0.39, 0.29) is 18.6 Å². The molecule has 37 heavy (non-hydrogen) atoms. The van der Waals surface area contributed by atoms with Crippen LogP contribution in [0.15, 0.2) is 67.9 Å². The number of nitrogens with one attached hydrogen (secondary N) is 1. The van der Waals surface area contributed by atoms with E-state index in [0.29, 0.717) is 39.8 Å². The largest absolute Gasteiger partial charge is 0.443 e. The molecule has 1 atom stereocenters. The number of hydrogen-bond acceptors (Lipinski definition) is 7. The second-order valence-corrected chi connectivity index (χ2v) is 8.96. The van der Waals surface area contributed by atoms with Gasteiger partial charge < -0.3 is 15.8 Å². The number of fused-ring (bicyclic) bond motifs is 1. The van der Waals surface area contributed by atoms with Gasteiger partial charge in [0.15, 0.2) is 6.73 Å². The van der Waals surface area contributed by atoms with E-state index in [2.05, 4.69) is 26.8 Å². The van der Waals surface area contributed by atoms with Crippen LogP contribution in [0.4, 0.5) is 10.1 Å². The fraction of sp³-hybridized carbons (Fsp3) is 0.222. The predicted octanol–water partition coefficient (Wildman–Crippen LogP) is 4.30. The summed E-state index contributed by atoms with van der Waals surface area (Å²) in [5.74, 6) is -1.23. The lowest BCUT2D eigenvalue weighted by Gasteiger charge is -2.14. The lowest BCUT2D eigenvalue weighted by Crippen LogP contribution is -2.33. The third kappa shape index (κ3) is 6.04. The van der Waals surface area contributed by atoms with Crippen molar-refractivity contribution in [1.29, 1.82) is 0 Å². The zero-order chi connectivity index (χ0) is 26.5. The Balaban J connectivity index is 1.73. The van der Waals surface area contributed by atoms with Crippen molar-refractivity contribution in [3.8, 4) is 22.3 Å². The van der Waals surface area contributed by atoms with Crippen molar-refractivity contribution < 1.29 is 18.7 Å². The molecular weight excluding hydrogens is 475 g/mol. The van der Waals surface area contributed by atoms with Crippen LogP contribution in [-0.4, -0.2) is 37.4 Å². The summed E-state index contributed by atoms with van der Waals surface area (Å²) in [5.41, 5.74) is 9.69. The molecule has 0 saturated carbocycles. The van der Waals surface area contributed by atoms with Gasteiger partial charge >= 0.3 is 5.97 Å². The Hall–Kier alpha value is -4.44. The Morgan fingerprint density at radius 2 is 1.95 bits per heavy atom. The van der Waals surface area contributed by atoms with E-state index in [4.69, 9.17) is 10.5 Å². The molecule has 190 valence electrons. The van der Waals surface area contributed by atoms with Gasteiger partial charge in [0.05, 0.1) is 11.9 Å². The number of nitrogens with two attached hydrogens (primary N) is 1. The molecule has 4 heterocycles. The molecule has 0 aliphatic carbocycles. The van der Waals surface area contributed by atoms with Gasteiger partial charge in [-0.3, -0.25) is 19.1 Å². The van der Waals surface area contributed by atoms with Crippen LogP contribution >= 0.6 is 0 Å². The summed E-state index contributed by atoms with van der Waals surface area (Å²) in [7, 11) is 0. The number of carbonyl (C=O) groups excluding carboxylic acids is 2. The minimum atomic E-state index is -0.725. The first-order valence-electron chi connectivity index (χ1n) is 11.7. The average molecular weight is 503 g/mol. The van der Waals surface area contributed by atoms with Gasteiger partial charge in [-0.1, -0.05) is 20.4 Å². The molecule has 0 saturated heterocycles. The highest BCUT2D eigenvalue weighted by molar-refractivity contribution is 5.99. The average Bonchev–Trinajstić information content (AvgIpc) is 3.24. The minimum Gasteiger partial charge on any atom is -0.443 e. The summed E-state index contributed by atoms with van der Waals surface area (Å²) in [6, 6.07) is 5.93. The van der Waals surface area contributed by atoms with Crippen molar-refractivity contribution in [1.82, 2.24) is 19.5 Å². The summed E-state index contributed by atoms with van der Waals surface area (Å²) < 4.78 is 21.1. The van der Waals surface area contributed by atoms with Crippen LogP contribution in [0.25, 0.3) is 33.3 Å². The number of esters is 1. The third-order valence-electron chi connectivity index (χ3n) is 5.65. The Kier molecular flexibility index (Phi) is 7.69. The number of rotatable bonds is 9. The number of pyridine rings is 3. The van der Waals surface area contributed by atoms with Crippen LogP contribution in [0.2, 0.25) is 0 Å². The van der Waals surface area contributed by atoms with Crippen molar-refractivity contribution in [2.45, 2.75) is 33.0 Å². The molecule has 4 aromatic rings. The summed E-state index contributed by atoms with van der Waals surface area (Å²) in [4.78, 5) is 36.5. The SMILES string of the molecule is C=CC(=O)Nc1cncc(-c2cnc3c(c2)c(-c2ccnc(F)c2)cn3COC(=O)C(N)CC(C)C)c1. The maximum absolute atomic E-state index is 14.0. The van der Waals surface area contributed by atoms with Crippen LogP contribution in [-0.2, 0) is 21.1 Å². The number of halogens is 1. The standard InChI is InChI=1S/C27H27FN6O3/c1-4-25(35)33-20-8-18(11-30-13-20)19-9-21-22(17-5-6-31-24(28)10-17)14-34(26(21)32-12-19)15-37-27(36)23(29)7-16(2)3/h4-6,8-14,16,23H,1,7,15,29H2,2-3H3,(H,33,35). The molecule has 0 spiro atoms. The molecule has 0 bridgehead atoms. The van der Waals surface area contributed by atoms with Gasteiger partial charge in [0, 0.05) is 52.9 Å². The van der Waals surface area contributed by atoms with E-state index in [0.717, 1.165) is 5.56 Å². The number of carbonyl (C=O) groups is 2. The highest BCUT2D eigenvalue weighted by Crippen LogP contribution is 2.33. The van der Waals surface area contributed by atoms with E-state index >= 15 is 0 Å². The molecule has 1 amide bonds. The molecule has 4 rings (SSSR count). The van der Waals surface area contributed by atoms with E-state index in [1.807, 2.05) is 19.9 Å². The first kappa shape index (κ1) is 25.6. The van der Waals surface area contributed by atoms with E-state index in [1.54, 1.807) is 35.3 Å². The molecule has 9 nitrogen and oxygen atoms in total. The van der Waals surface area contributed by atoms with Crippen molar-refractivity contribution in [2.24, 2.45) is 11.7 Å². The van der Waals surface area contributed by atoms with Crippen molar-refractivity contribution in [2.75, 3.05) is 5.32 Å². The van der Waals surface area contributed by atoms with Crippen molar-refractivity contribution in [3.05, 3.63) is 73.9 Å². The van der Waals surface area contributed by atoms with Crippen molar-refractivity contribution in [3.63, 3.8) is 0 Å². The van der Waals surface area contributed by atoms with E-state index < -0.39 is 18.0 Å². The number of amides is 1. The predicted molar refractivity (Wildman–Crippen MR) is 139 cm³/mol. The summed E-state index contributed by atoms with van der Waals surface area (Å²) in [6.45, 7) is 7.30. The first-order chi connectivity index (χ1) is 17.7. The summed E-state index contributed by atoms with van der Waals surface area (Å²) in [5, 5.41) is 3.38. The fourth-order valence-electron chi connectivity index (χ4n) is 3.93. The molecule has 10 heteroatoms. The highest BCUT2D eigenvalue weighted by Gasteiger charge is 2.19. The number of nitrogens with zero attached hydrogens (tertiary/aromatic N) is 4. The topological polar surface area (TPSA) is 125 Å². The number of anilines is 1. The second-order valence-electron chi connectivity index (χ2n) is 8.96. The lowest BCUT2D eigenvalue weighted by atomic mass is 10.0. The van der Waals surface area contributed by atoms with Gasteiger partial charge in [-0.2, -0.15) is 4.39 Å². The second kappa shape index (κ2) is 11.1. The highest BCUT2D eigenvalue weighted by atomic mass is 19.1. The Morgan fingerprint density at radius 1 is 1.16 bits per heavy atom. The van der Waals surface area contributed by atoms with E-state index in [9.17, 15) is 14.0 Å². The Bertz CT molecular complexity index is 1470. The Morgan fingerprint density at radius 3 is 2.68 bits per heavy atom. The van der Waals surface area contributed by atoms with Crippen LogP contribution in [0.5, 0.6) is 0 Å². The van der Waals surface area contributed by atoms with Crippen LogP contribution in [0.3, 0.4) is 0 Å². The molecule has 0 fully saturated rings. The Labute approximate surface area is 213 Å². The smallest absolute Gasteiger partial charge is 0.324 e. The van der Waals surface area contributed by atoms with Gasteiger partial charge in [-0.05, 0) is 42.2 Å². The van der Waals surface area contributed by atoms with Gasteiger partial charge in [0.2, 0.25) is 11.9 Å². The maximum atomic E-state index is 14.0. The molecule has 0 aromatic carbocycles. The molecular formula is C27H27FN6O3. The molecule has 1 unspecified atom stereocenters. The molecule has 0 aliphatic rings. The molecule has 3 N–H and O–H groups in total. The third-order valence-corrected chi connectivity index (χ3v) is 5.65. The fourth-order valence-corrected chi connectivity index (χ4v) is 3.93. The van der Waals surface area contributed by atoms with E-state index in [1.165, 1.54) is 24.5 Å². The van der Waals surface area contributed by atoms with Gasteiger partial charge in [-0.15, -0.1) is 0 Å². The summed E-state index contributed by atoms with van der Waals surface area (Å²) in [6.07, 6.45) is 9.63. The quantitative estimate of drug-likeness (QED) is 0.199.